The average molecular weight is 456 g/mol. The average Bonchev–Trinajstić information content (AvgIpc) is 3.50. The summed E-state index contributed by atoms with van der Waals surface area (Å²) in [5, 5.41) is 8.93. The van der Waals surface area contributed by atoms with Crippen LogP contribution in [0.4, 0.5) is 5.13 Å². The van der Waals surface area contributed by atoms with Crippen LogP contribution in [0.15, 0.2) is 85.1 Å². The van der Waals surface area contributed by atoms with Gasteiger partial charge in [0.05, 0.1) is 36.6 Å². The number of carbonyl (C=O) groups excluding carboxylic acids is 1. The van der Waals surface area contributed by atoms with E-state index in [2.05, 4.69) is 10.3 Å². The van der Waals surface area contributed by atoms with Gasteiger partial charge in [0.2, 0.25) is 0 Å². The van der Waals surface area contributed by atoms with Crippen molar-refractivity contribution in [3.05, 3.63) is 102 Å². The molecule has 0 aliphatic heterocycles. The number of benzene rings is 3. The molecular formula is C25H21N5O2S. The van der Waals surface area contributed by atoms with Crippen LogP contribution in [0.1, 0.15) is 21.6 Å². The number of ether oxygens (including phenoxy) is 1. The van der Waals surface area contributed by atoms with Gasteiger partial charge in [-0.15, -0.1) is 5.10 Å². The number of fused-ring (bicyclic) bond motifs is 1. The summed E-state index contributed by atoms with van der Waals surface area (Å²) in [6.45, 7) is 0.920. The molecule has 0 aliphatic rings. The van der Waals surface area contributed by atoms with E-state index in [1.165, 1.54) is 11.3 Å². The van der Waals surface area contributed by atoms with Gasteiger partial charge >= 0.3 is 0 Å². The van der Waals surface area contributed by atoms with Crippen molar-refractivity contribution in [2.75, 3.05) is 12.0 Å². The molecule has 164 valence electrons. The minimum absolute atomic E-state index is 0.246. The van der Waals surface area contributed by atoms with Gasteiger partial charge in [0.1, 0.15) is 5.75 Å². The molecule has 0 saturated carbocycles. The molecular weight excluding hydrogens is 434 g/mol. The fourth-order valence-electron chi connectivity index (χ4n) is 3.51. The Balaban J connectivity index is 1.47. The van der Waals surface area contributed by atoms with Crippen LogP contribution in [-0.2, 0) is 13.1 Å². The lowest BCUT2D eigenvalue weighted by Gasteiger charge is -2.18. The van der Waals surface area contributed by atoms with E-state index in [1.54, 1.807) is 22.9 Å². The molecule has 0 N–H and O–H groups in total. The third kappa shape index (κ3) is 4.61. The second kappa shape index (κ2) is 9.22. The molecule has 0 radical (unpaired) electrons. The molecule has 0 unspecified atom stereocenters. The number of carbonyl (C=O) groups is 1. The number of anilines is 1. The van der Waals surface area contributed by atoms with E-state index in [0.717, 1.165) is 27.1 Å². The van der Waals surface area contributed by atoms with Gasteiger partial charge in [-0.25, -0.2) is 9.67 Å². The Hall–Kier alpha value is -4.04. The minimum atomic E-state index is -0.246. The van der Waals surface area contributed by atoms with Crippen molar-refractivity contribution < 1.29 is 9.53 Å². The van der Waals surface area contributed by atoms with Crippen molar-refractivity contribution in [1.29, 1.82) is 0 Å². The molecule has 33 heavy (non-hydrogen) atoms. The van der Waals surface area contributed by atoms with Crippen LogP contribution in [0.25, 0.3) is 10.2 Å². The Kier molecular flexibility index (Phi) is 5.82. The Labute approximate surface area is 194 Å². The number of aromatic nitrogens is 4. The summed E-state index contributed by atoms with van der Waals surface area (Å²) in [4.78, 5) is 19.9. The zero-order valence-electron chi connectivity index (χ0n) is 18.0. The predicted octanol–water partition coefficient (Wildman–Crippen LogP) is 4.79. The lowest BCUT2D eigenvalue weighted by atomic mass is 10.2. The number of hydrogen-bond acceptors (Lipinski definition) is 6. The SMILES string of the molecule is COc1ccc2nc(N(Cc3ccccc3)C(=O)c3cn(Cc4ccccc4)nn3)sc2c1. The maximum atomic E-state index is 13.6. The van der Waals surface area contributed by atoms with E-state index in [1.807, 2.05) is 78.9 Å². The number of methoxy groups -OCH3 is 1. The predicted molar refractivity (Wildman–Crippen MR) is 129 cm³/mol. The van der Waals surface area contributed by atoms with Crippen molar-refractivity contribution >= 4 is 32.6 Å². The van der Waals surface area contributed by atoms with Crippen molar-refractivity contribution in [3.63, 3.8) is 0 Å². The molecule has 7 nitrogen and oxygen atoms in total. The maximum absolute atomic E-state index is 13.6. The Morgan fingerprint density at radius 3 is 2.45 bits per heavy atom. The quantitative estimate of drug-likeness (QED) is 0.353. The first-order valence-electron chi connectivity index (χ1n) is 10.4. The fourth-order valence-corrected chi connectivity index (χ4v) is 4.50. The largest absolute Gasteiger partial charge is 0.497 e. The molecule has 0 atom stereocenters. The first-order valence-corrected chi connectivity index (χ1v) is 11.3. The summed E-state index contributed by atoms with van der Waals surface area (Å²) in [6, 6.07) is 25.5. The summed E-state index contributed by atoms with van der Waals surface area (Å²) in [7, 11) is 1.63. The Bertz CT molecular complexity index is 1380. The van der Waals surface area contributed by atoms with Gasteiger partial charge in [-0.1, -0.05) is 77.2 Å². The number of rotatable bonds is 7. The third-order valence-corrected chi connectivity index (χ3v) is 6.23. The molecule has 0 aliphatic carbocycles. The number of amides is 1. The van der Waals surface area contributed by atoms with Gasteiger partial charge in [-0.2, -0.15) is 0 Å². The van der Waals surface area contributed by atoms with Crippen LogP contribution >= 0.6 is 11.3 Å². The van der Waals surface area contributed by atoms with Gasteiger partial charge in [0, 0.05) is 0 Å². The Morgan fingerprint density at radius 2 is 1.73 bits per heavy atom. The molecule has 0 spiro atoms. The smallest absolute Gasteiger partial charge is 0.282 e. The van der Waals surface area contributed by atoms with Gasteiger partial charge in [-0.05, 0) is 29.3 Å². The van der Waals surface area contributed by atoms with Gasteiger partial charge in [-0.3, -0.25) is 9.69 Å². The van der Waals surface area contributed by atoms with E-state index in [0.29, 0.717) is 18.2 Å². The van der Waals surface area contributed by atoms with Crippen LogP contribution in [0.3, 0.4) is 0 Å². The second-order valence-corrected chi connectivity index (χ2v) is 8.50. The molecule has 5 rings (SSSR count). The van der Waals surface area contributed by atoms with Crippen molar-refractivity contribution in [3.8, 4) is 5.75 Å². The lowest BCUT2D eigenvalue weighted by molar-refractivity contribution is 0.0980. The first-order chi connectivity index (χ1) is 16.2. The van der Waals surface area contributed by atoms with Crippen LogP contribution < -0.4 is 9.64 Å². The summed E-state index contributed by atoms with van der Waals surface area (Å²) in [5.41, 5.74) is 3.18. The molecule has 1 amide bonds. The van der Waals surface area contributed by atoms with Crippen molar-refractivity contribution in [2.24, 2.45) is 0 Å². The zero-order valence-corrected chi connectivity index (χ0v) is 18.8. The van der Waals surface area contributed by atoms with E-state index in [9.17, 15) is 4.79 Å². The van der Waals surface area contributed by atoms with E-state index in [4.69, 9.17) is 9.72 Å². The van der Waals surface area contributed by atoms with E-state index < -0.39 is 0 Å². The highest BCUT2D eigenvalue weighted by molar-refractivity contribution is 7.22. The monoisotopic (exact) mass is 455 g/mol. The minimum Gasteiger partial charge on any atom is -0.497 e. The van der Waals surface area contributed by atoms with Crippen molar-refractivity contribution in [2.45, 2.75) is 13.1 Å². The van der Waals surface area contributed by atoms with Crippen LogP contribution in [-0.4, -0.2) is 33.0 Å². The number of hydrogen-bond donors (Lipinski definition) is 0. The normalized spacial score (nSPS) is 10.9. The van der Waals surface area contributed by atoms with Crippen LogP contribution in [0.2, 0.25) is 0 Å². The molecule has 8 heteroatoms. The lowest BCUT2D eigenvalue weighted by Crippen LogP contribution is -2.30. The molecule has 5 aromatic rings. The molecule has 2 heterocycles. The van der Waals surface area contributed by atoms with E-state index >= 15 is 0 Å². The van der Waals surface area contributed by atoms with Gasteiger partial charge in [0.15, 0.2) is 10.8 Å². The highest BCUT2D eigenvalue weighted by Crippen LogP contribution is 2.32. The molecule has 3 aromatic carbocycles. The van der Waals surface area contributed by atoms with Crippen LogP contribution in [0, 0.1) is 0 Å². The molecule has 0 fully saturated rings. The number of nitrogens with zero attached hydrogens (tertiary/aromatic N) is 5. The highest BCUT2D eigenvalue weighted by Gasteiger charge is 2.24. The number of thiazole rings is 1. The van der Waals surface area contributed by atoms with Gasteiger partial charge < -0.3 is 4.74 Å². The van der Waals surface area contributed by atoms with Crippen LogP contribution in [0.5, 0.6) is 5.75 Å². The summed E-state index contributed by atoms with van der Waals surface area (Å²) in [6.07, 6.45) is 1.68. The first kappa shape index (κ1) is 20.8. The zero-order chi connectivity index (χ0) is 22.6. The fraction of sp³-hybridized carbons (Fsp3) is 0.120. The van der Waals surface area contributed by atoms with E-state index in [-0.39, 0.29) is 11.6 Å². The van der Waals surface area contributed by atoms with Crippen molar-refractivity contribution in [1.82, 2.24) is 20.0 Å². The highest BCUT2D eigenvalue weighted by atomic mass is 32.1. The Morgan fingerprint density at radius 1 is 1.00 bits per heavy atom. The summed E-state index contributed by atoms with van der Waals surface area (Å²) >= 11 is 1.45. The topological polar surface area (TPSA) is 73.1 Å². The summed E-state index contributed by atoms with van der Waals surface area (Å²) < 4.78 is 7.95. The summed E-state index contributed by atoms with van der Waals surface area (Å²) in [5.74, 6) is 0.506. The second-order valence-electron chi connectivity index (χ2n) is 7.49. The molecule has 0 saturated heterocycles. The standard InChI is InChI=1S/C25H21N5O2S/c1-32-20-12-13-21-23(14-20)33-25(26-21)30(16-19-10-6-3-7-11-19)24(31)22-17-29(28-27-22)15-18-8-4-2-5-9-18/h2-14,17H,15-16H2,1H3. The third-order valence-electron chi connectivity index (χ3n) is 5.19. The maximum Gasteiger partial charge on any atom is 0.282 e. The van der Waals surface area contributed by atoms with Gasteiger partial charge in [0.25, 0.3) is 5.91 Å². The molecule has 0 bridgehead atoms. The molecule has 2 aromatic heterocycles.